The molecular formula is C29H35FN10O2S. The van der Waals surface area contributed by atoms with Crippen molar-refractivity contribution in [2.75, 3.05) is 12.4 Å². The van der Waals surface area contributed by atoms with Crippen molar-refractivity contribution in [1.82, 2.24) is 44.7 Å². The number of Topliss-reactive ketones (excluding diaryl/α,β-unsaturated/α-hetero) is 1. The van der Waals surface area contributed by atoms with Crippen molar-refractivity contribution in [2.45, 2.75) is 83.3 Å². The van der Waals surface area contributed by atoms with E-state index in [0.717, 1.165) is 46.5 Å². The van der Waals surface area contributed by atoms with Gasteiger partial charge in [0.25, 0.3) is 0 Å². The molecule has 12 nitrogen and oxygen atoms in total. The van der Waals surface area contributed by atoms with Crippen LogP contribution in [0.5, 0.6) is 0 Å². The van der Waals surface area contributed by atoms with Gasteiger partial charge in [-0.15, -0.1) is 0 Å². The lowest BCUT2D eigenvalue weighted by Gasteiger charge is -2.37. The molecule has 0 saturated heterocycles. The highest BCUT2D eigenvalue weighted by atomic mass is 32.1. The Bertz CT molecular complexity index is 1730. The Labute approximate surface area is 252 Å². The minimum atomic E-state index is -0.815. The molecule has 226 valence electrons. The molecule has 0 bridgehead atoms. The summed E-state index contributed by atoms with van der Waals surface area (Å²) in [7, 11) is 1.64. The average molecular weight is 607 g/mol. The first-order valence-electron chi connectivity index (χ1n) is 14.6. The minimum Gasteiger partial charge on any atom is -0.370 e. The van der Waals surface area contributed by atoms with Crippen LogP contribution in [0.2, 0.25) is 0 Å². The van der Waals surface area contributed by atoms with E-state index in [9.17, 15) is 9.18 Å². The molecule has 1 aliphatic rings. The zero-order valence-electron chi connectivity index (χ0n) is 24.7. The Morgan fingerprint density at radius 2 is 2.07 bits per heavy atom. The molecular weight excluding hydrogens is 571 g/mol. The number of hydrogen-bond donors (Lipinski definition) is 2. The molecule has 1 saturated carbocycles. The number of aromatic nitrogens is 9. The lowest BCUT2D eigenvalue weighted by Crippen LogP contribution is -2.44. The summed E-state index contributed by atoms with van der Waals surface area (Å²) in [5.41, 5.74) is 0.909. The number of ketones is 1. The molecule has 0 aromatic carbocycles. The van der Waals surface area contributed by atoms with E-state index in [4.69, 9.17) is 14.7 Å². The molecule has 0 amide bonds. The molecule has 1 atom stereocenters. The summed E-state index contributed by atoms with van der Waals surface area (Å²) in [4.78, 5) is 28.9. The number of carbonyl (C=O) groups excluding carboxylic acids is 1. The Hall–Kier alpha value is -4.04. The van der Waals surface area contributed by atoms with Gasteiger partial charge in [-0.3, -0.25) is 9.89 Å². The van der Waals surface area contributed by atoms with Crippen molar-refractivity contribution >= 4 is 39.8 Å². The molecule has 0 radical (unpaired) electrons. The largest absolute Gasteiger partial charge is 0.370 e. The summed E-state index contributed by atoms with van der Waals surface area (Å²) >= 11 is 1.45. The van der Waals surface area contributed by atoms with Crippen LogP contribution in [-0.4, -0.2) is 63.2 Å². The van der Waals surface area contributed by atoms with Gasteiger partial charge in [-0.1, -0.05) is 18.3 Å². The van der Waals surface area contributed by atoms with Crippen molar-refractivity contribution in [3.8, 4) is 5.13 Å². The van der Waals surface area contributed by atoms with Crippen LogP contribution in [0, 0.1) is 12.7 Å². The molecule has 0 spiro atoms. The number of nitrogens with zero attached hydrogens (tertiary/aromatic N) is 8. The first-order chi connectivity index (χ1) is 20.8. The van der Waals surface area contributed by atoms with Gasteiger partial charge in [0.1, 0.15) is 17.2 Å². The second-order valence-corrected chi connectivity index (χ2v) is 12.2. The molecule has 43 heavy (non-hydrogen) atoms. The number of thiazole rings is 1. The van der Waals surface area contributed by atoms with Gasteiger partial charge in [-0.05, 0) is 51.9 Å². The van der Waals surface area contributed by atoms with Crippen LogP contribution in [-0.2, 0) is 16.1 Å². The fourth-order valence-corrected chi connectivity index (χ4v) is 6.69. The summed E-state index contributed by atoms with van der Waals surface area (Å²) < 4.78 is 22.6. The maximum atomic E-state index is 13.6. The van der Waals surface area contributed by atoms with E-state index in [1.54, 1.807) is 19.5 Å². The number of rotatable bonds is 11. The number of H-pyrrole nitrogens is 1. The van der Waals surface area contributed by atoms with Crippen molar-refractivity contribution in [3.05, 3.63) is 53.1 Å². The van der Waals surface area contributed by atoms with Gasteiger partial charge in [-0.25, -0.2) is 28.7 Å². The Morgan fingerprint density at radius 3 is 2.74 bits per heavy atom. The highest BCUT2D eigenvalue weighted by Gasteiger charge is 2.42. The van der Waals surface area contributed by atoms with Crippen LogP contribution in [0.25, 0.3) is 16.2 Å². The maximum absolute atomic E-state index is 13.6. The van der Waals surface area contributed by atoms with Gasteiger partial charge in [0, 0.05) is 48.8 Å². The SMILES string of the molecule is CCn1ncc2c(Nc3cc(C)[nH]n3)nc(C3CCC(OC)(C(=O)CC[C@@H](C)c4cnc(-n5cc(F)cn5)s4)CC3)nc21. The molecule has 2 N–H and O–H groups in total. The van der Waals surface area contributed by atoms with Gasteiger partial charge < -0.3 is 10.1 Å². The van der Waals surface area contributed by atoms with Crippen molar-refractivity contribution in [2.24, 2.45) is 0 Å². The lowest BCUT2D eigenvalue weighted by atomic mass is 9.75. The third-order valence-corrected chi connectivity index (χ3v) is 9.59. The van der Waals surface area contributed by atoms with Gasteiger partial charge in [0.15, 0.2) is 23.1 Å². The monoisotopic (exact) mass is 606 g/mol. The Morgan fingerprint density at radius 1 is 1.26 bits per heavy atom. The predicted octanol–water partition coefficient (Wildman–Crippen LogP) is 5.60. The molecule has 5 aromatic rings. The van der Waals surface area contributed by atoms with E-state index in [0.29, 0.717) is 49.0 Å². The van der Waals surface area contributed by atoms with E-state index in [2.05, 4.69) is 37.6 Å². The zero-order valence-corrected chi connectivity index (χ0v) is 25.5. The van der Waals surface area contributed by atoms with Gasteiger partial charge in [-0.2, -0.15) is 15.3 Å². The van der Waals surface area contributed by atoms with E-state index >= 15 is 0 Å². The van der Waals surface area contributed by atoms with Gasteiger partial charge in [0.05, 0.1) is 24.0 Å². The number of hydrogen-bond acceptors (Lipinski definition) is 10. The first kappa shape index (κ1) is 29.1. The number of aryl methyl sites for hydroxylation is 2. The summed E-state index contributed by atoms with van der Waals surface area (Å²) in [6, 6.07) is 1.92. The molecule has 0 aliphatic heterocycles. The fraction of sp³-hybridized carbons (Fsp3) is 0.483. The molecule has 0 unspecified atom stereocenters. The predicted molar refractivity (Wildman–Crippen MR) is 160 cm³/mol. The summed E-state index contributed by atoms with van der Waals surface area (Å²) in [6.07, 6.45) is 9.78. The fourth-order valence-electron chi connectivity index (χ4n) is 5.76. The second-order valence-electron chi connectivity index (χ2n) is 11.2. The number of nitrogens with one attached hydrogen (secondary N) is 2. The Kier molecular flexibility index (Phi) is 8.05. The standard InChI is InChI=1S/C29H35FN10O2S/c1-5-39-27-21(14-33-39)26(34-24-12-18(3)37-38-24)35-25(36-27)19-8-10-29(42-4,11-9-19)23(41)7-6-17(2)22-15-31-28(43-22)40-16-20(30)13-32-40/h12-17,19H,5-11H2,1-4H3,(H2,34,35,36,37,38)/t17-,19?,29?/m1/s1. The number of anilines is 2. The smallest absolute Gasteiger partial charge is 0.210 e. The molecule has 1 fully saturated rings. The van der Waals surface area contributed by atoms with Crippen molar-refractivity contribution in [1.29, 1.82) is 0 Å². The van der Waals surface area contributed by atoms with Crippen molar-refractivity contribution < 1.29 is 13.9 Å². The zero-order chi connectivity index (χ0) is 30.1. The number of aromatic amines is 1. The van der Waals surface area contributed by atoms with E-state index in [1.807, 2.05) is 24.6 Å². The number of fused-ring (bicyclic) bond motifs is 1. The minimum absolute atomic E-state index is 0.0869. The molecule has 1 aliphatic carbocycles. The van der Waals surface area contributed by atoms with Crippen LogP contribution in [0.15, 0.2) is 30.9 Å². The molecule has 5 aromatic heterocycles. The number of methoxy groups -OCH3 is 1. The molecule has 6 rings (SSSR count). The highest BCUT2D eigenvalue weighted by molar-refractivity contribution is 7.14. The lowest BCUT2D eigenvalue weighted by molar-refractivity contribution is -0.145. The highest BCUT2D eigenvalue weighted by Crippen LogP contribution is 2.41. The third kappa shape index (κ3) is 5.80. The first-order valence-corrected chi connectivity index (χ1v) is 15.4. The molecule has 5 heterocycles. The van der Waals surface area contributed by atoms with Crippen LogP contribution in [0.3, 0.4) is 0 Å². The van der Waals surface area contributed by atoms with Crippen LogP contribution < -0.4 is 5.32 Å². The van der Waals surface area contributed by atoms with E-state index in [1.165, 1.54) is 22.2 Å². The third-order valence-electron chi connectivity index (χ3n) is 8.37. The number of carbonyl (C=O) groups is 1. The number of halogens is 1. The molecule has 14 heteroatoms. The Balaban J connectivity index is 1.13. The average Bonchev–Trinajstić information content (AvgIpc) is 3.83. The topological polar surface area (TPSA) is 141 Å². The van der Waals surface area contributed by atoms with Crippen molar-refractivity contribution in [3.63, 3.8) is 0 Å². The quantitative estimate of drug-likeness (QED) is 0.197. The second kappa shape index (κ2) is 11.9. The number of ether oxygens (including phenoxy) is 1. The summed E-state index contributed by atoms with van der Waals surface area (Å²) in [5.74, 6) is 2.01. The van der Waals surface area contributed by atoms with E-state index < -0.39 is 11.4 Å². The van der Waals surface area contributed by atoms with E-state index in [-0.39, 0.29) is 17.6 Å². The maximum Gasteiger partial charge on any atom is 0.210 e. The van der Waals surface area contributed by atoms with Gasteiger partial charge in [0.2, 0.25) is 5.13 Å². The van der Waals surface area contributed by atoms with Crippen LogP contribution in [0.1, 0.15) is 80.6 Å². The van der Waals surface area contributed by atoms with Crippen LogP contribution in [0.4, 0.5) is 16.0 Å². The normalized spacial score (nSPS) is 19.6. The van der Waals surface area contributed by atoms with Gasteiger partial charge >= 0.3 is 0 Å². The summed E-state index contributed by atoms with van der Waals surface area (Å²) in [6.45, 7) is 6.75. The summed E-state index contributed by atoms with van der Waals surface area (Å²) in [5, 5.41) is 20.5. The van der Waals surface area contributed by atoms with Crippen LogP contribution >= 0.6 is 11.3 Å².